The second kappa shape index (κ2) is 64.4. The molecule has 0 aromatic rings. The SMILES string of the molecule is CC/C=C\C/C=C\C/C=C\C/C=C\C/C=C\CCCCCCCC(=O)OC(COC(=O)CCCCCCCCCCCCCCCCCCCCCCCCCC/C=C\C/C=C\C/C=C\CCCCCCC)COP(=O)([O-])OCC[N+](C)(C)C. The largest absolute Gasteiger partial charge is 0.756 e. The Morgan fingerprint density at radius 3 is 1.01 bits per heavy atom. The molecule has 0 heterocycles. The summed E-state index contributed by atoms with van der Waals surface area (Å²) in [6.45, 7) is 4.11. The lowest BCUT2D eigenvalue weighted by atomic mass is 10.0. The van der Waals surface area contributed by atoms with Gasteiger partial charge in [-0.05, 0) is 96.3 Å². The van der Waals surface area contributed by atoms with Crippen molar-refractivity contribution in [1.82, 2.24) is 0 Å². The molecule has 0 rings (SSSR count). The lowest BCUT2D eigenvalue weighted by Gasteiger charge is -2.28. The first kappa shape index (κ1) is 80.9. The van der Waals surface area contributed by atoms with Gasteiger partial charge in [0.1, 0.15) is 19.8 Å². The second-order valence-corrected chi connectivity index (χ2v) is 25.9. The fourth-order valence-electron chi connectivity index (χ4n) is 9.75. The van der Waals surface area contributed by atoms with Gasteiger partial charge in [0, 0.05) is 12.8 Å². The predicted octanol–water partition coefficient (Wildman–Crippen LogP) is 22.1. The minimum atomic E-state index is -4.65. The van der Waals surface area contributed by atoms with Crippen molar-refractivity contribution in [2.24, 2.45) is 0 Å². The summed E-state index contributed by atoms with van der Waals surface area (Å²) in [6, 6.07) is 0. The average molecular weight is 1190 g/mol. The Morgan fingerprint density at radius 2 is 0.679 bits per heavy atom. The molecular formula is C74H132NO8P. The van der Waals surface area contributed by atoms with Crippen LogP contribution in [0.15, 0.2) is 97.2 Å². The van der Waals surface area contributed by atoms with Crippen LogP contribution in [0.3, 0.4) is 0 Å². The Kier molecular flexibility index (Phi) is 62.1. The predicted molar refractivity (Wildman–Crippen MR) is 360 cm³/mol. The van der Waals surface area contributed by atoms with Gasteiger partial charge < -0.3 is 27.9 Å². The molecule has 0 fully saturated rings. The molecule has 0 N–H and O–H groups in total. The molecule has 2 atom stereocenters. The number of nitrogens with zero attached hydrogens (tertiary/aromatic N) is 1. The molecule has 0 saturated heterocycles. The standard InChI is InChI=1S/C74H132NO8P/c1-6-8-10-12-14-16-18-20-22-24-26-28-29-30-31-32-33-34-35-36-37-38-39-40-41-42-43-44-45-47-48-50-52-54-56-58-60-62-64-66-73(76)80-70-72(71-82-84(78,79)81-69-68-75(3,4)5)83-74(77)67-65-63-61-59-57-55-53-51-49-46-27-25-23-21-19-17-15-13-11-9-7-2/h9,11,15,17-18,20-21,23-24,26-27,29-30,46,51,53,72H,6-8,10,12-14,16,19,22,25,28,31-45,47-50,52,54-71H2,1-5H3/b11-9-,17-15-,20-18-,23-21-,26-24-,30-29-,46-27-,53-51-. The highest BCUT2D eigenvalue weighted by molar-refractivity contribution is 7.45. The number of carbonyl (C=O) groups excluding carboxylic acids is 2. The van der Waals surface area contributed by atoms with E-state index < -0.39 is 26.5 Å². The van der Waals surface area contributed by atoms with Crippen molar-refractivity contribution in [1.29, 1.82) is 0 Å². The van der Waals surface area contributed by atoms with Gasteiger partial charge >= 0.3 is 11.9 Å². The van der Waals surface area contributed by atoms with Crippen molar-refractivity contribution in [3.8, 4) is 0 Å². The summed E-state index contributed by atoms with van der Waals surface area (Å²) in [5.74, 6) is -0.849. The minimum absolute atomic E-state index is 0.0378. The van der Waals surface area contributed by atoms with E-state index in [2.05, 4.69) is 111 Å². The molecule has 0 amide bonds. The maximum absolute atomic E-state index is 12.8. The first-order valence-corrected chi connectivity index (χ1v) is 36.4. The van der Waals surface area contributed by atoms with Crippen LogP contribution in [-0.2, 0) is 32.7 Å². The number of carbonyl (C=O) groups is 2. The fraction of sp³-hybridized carbons (Fsp3) is 0.757. The van der Waals surface area contributed by atoms with E-state index >= 15 is 0 Å². The van der Waals surface area contributed by atoms with E-state index in [1.54, 1.807) is 0 Å². The van der Waals surface area contributed by atoms with Crippen LogP contribution in [0.2, 0.25) is 0 Å². The van der Waals surface area contributed by atoms with Gasteiger partial charge in [-0.2, -0.15) is 0 Å². The van der Waals surface area contributed by atoms with Crippen molar-refractivity contribution in [3.05, 3.63) is 97.2 Å². The number of ether oxygens (including phenoxy) is 2. The van der Waals surface area contributed by atoms with Crippen LogP contribution in [0, 0.1) is 0 Å². The van der Waals surface area contributed by atoms with Crippen molar-refractivity contribution < 1.29 is 42.1 Å². The van der Waals surface area contributed by atoms with Crippen LogP contribution in [0.1, 0.15) is 309 Å². The number of quaternary nitrogens is 1. The quantitative estimate of drug-likeness (QED) is 0.0195. The highest BCUT2D eigenvalue weighted by Gasteiger charge is 2.22. The molecule has 0 aromatic heterocycles. The van der Waals surface area contributed by atoms with Gasteiger partial charge in [-0.1, -0.05) is 297 Å². The molecule has 0 aliphatic rings. The number of likely N-dealkylation sites (N-methyl/N-ethyl adjacent to an activating group) is 1. The molecule has 84 heavy (non-hydrogen) atoms. The van der Waals surface area contributed by atoms with E-state index in [9.17, 15) is 19.0 Å². The Balaban J connectivity index is 3.97. The highest BCUT2D eigenvalue weighted by Crippen LogP contribution is 2.38. The summed E-state index contributed by atoms with van der Waals surface area (Å²) in [5, 5.41) is 0. The number of rotatable bonds is 64. The summed E-state index contributed by atoms with van der Waals surface area (Å²) >= 11 is 0. The first-order chi connectivity index (χ1) is 41.0. The van der Waals surface area contributed by atoms with Crippen molar-refractivity contribution in [2.75, 3.05) is 47.5 Å². The maximum Gasteiger partial charge on any atom is 0.306 e. The monoisotopic (exact) mass is 1190 g/mol. The molecule has 10 heteroatoms. The van der Waals surface area contributed by atoms with E-state index in [4.69, 9.17) is 18.5 Å². The van der Waals surface area contributed by atoms with E-state index in [0.717, 1.165) is 96.3 Å². The third-order valence-electron chi connectivity index (χ3n) is 15.1. The van der Waals surface area contributed by atoms with E-state index in [1.807, 2.05) is 21.1 Å². The van der Waals surface area contributed by atoms with Gasteiger partial charge in [-0.15, -0.1) is 0 Å². The Morgan fingerprint density at radius 1 is 0.381 bits per heavy atom. The van der Waals surface area contributed by atoms with Gasteiger partial charge in [-0.25, -0.2) is 0 Å². The molecule has 486 valence electrons. The molecule has 0 spiro atoms. The van der Waals surface area contributed by atoms with Gasteiger partial charge in [0.15, 0.2) is 6.10 Å². The summed E-state index contributed by atoms with van der Waals surface area (Å²) in [7, 11) is 1.15. The zero-order chi connectivity index (χ0) is 61.2. The molecule has 0 saturated carbocycles. The number of allylic oxidation sites excluding steroid dienone is 16. The molecule has 0 radical (unpaired) electrons. The van der Waals surface area contributed by atoms with Crippen molar-refractivity contribution in [2.45, 2.75) is 315 Å². The van der Waals surface area contributed by atoms with Crippen LogP contribution in [0.5, 0.6) is 0 Å². The summed E-state index contributed by atoms with van der Waals surface area (Å²) < 4.78 is 34.2. The topological polar surface area (TPSA) is 111 Å². The van der Waals surface area contributed by atoms with Gasteiger partial charge in [0.2, 0.25) is 0 Å². The van der Waals surface area contributed by atoms with Crippen LogP contribution in [0.4, 0.5) is 0 Å². The molecule has 9 nitrogen and oxygen atoms in total. The zero-order valence-electron chi connectivity index (χ0n) is 55.3. The number of phosphoric acid groups is 1. The molecule has 0 bridgehead atoms. The lowest BCUT2D eigenvalue weighted by Crippen LogP contribution is -2.37. The lowest BCUT2D eigenvalue weighted by molar-refractivity contribution is -0.870. The van der Waals surface area contributed by atoms with Crippen molar-refractivity contribution in [3.63, 3.8) is 0 Å². The normalized spacial score (nSPS) is 13.7. The molecule has 0 aromatic carbocycles. The average Bonchev–Trinajstić information content (AvgIpc) is 3.61. The van der Waals surface area contributed by atoms with E-state index in [0.29, 0.717) is 17.4 Å². The second-order valence-electron chi connectivity index (χ2n) is 24.5. The van der Waals surface area contributed by atoms with Crippen LogP contribution in [0.25, 0.3) is 0 Å². The smallest absolute Gasteiger partial charge is 0.306 e. The number of unbranched alkanes of at least 4 members (excludes halogenated alkanes) is 34. The van der Waals surface area contributed by atoms with Gasteiger partial charge in [0.05, 0.1) is 27.7 Å². The number of phosphoric ester groups is 1. The fourth-order valence-corrected chi connectivity index (χ4v) is 10.5. The summed E-state index contributed by atoms with van der Waals surface area (Å²) in [6.07, 6.45) is 89.3. The summed E-state index contributed by atoms with van der Waals surface area (Å²) in [5.41, 5.74) is 0. The minimum Gasteiger partial charge on any atom is -0.756 e. The number of hydrogen-bond donors (Lipinski definition) is 0. The van der Waals surface area contributed by atoms with Crippen LogP contribution < -0.4 is 4.89 Å². The van der Waals surface area contributed by atoms with Crippen molar-refractivity contribution >= 4 is 19.8 Å². The van der Waals surface area contributed by atoms with Crippen LogP contribution >= 0.6 is 7.82 Å². The third kappa shape index (κ3) is 68.0. The molecular weight excluding hydrogens is 1060 g/mol. The third-order valence-corrected chi connectivity index (χ3v) is 16.1. The molecule has 0 aliphatic heterocycles. The van der Waals surface area contributed by atoms with E-state index in [1.165, 1.54) is 180 Å². The number of hydrogen-bond acceptors (Lipinski definition) is 8. The zero-order valence-corrected chi connectivity index (χ0v) is 56.2. The highest BCUT2D eigenvalue weighted by atomic mass is 31.2. The van der Waals surface area contributed by atoms with E-state index in [-0.39, 0.29) is 32.0 Å². The maximum atomic E-state index is 12.8. The Labute approximate surface area is 519 Å². The number of esters is 2. The molecule has 2 unspecified atom stereocenters. The summed E-state index contributed by atoms with van der Waals surface area (Å²) in [4.78, 5) is 38.0. The molecule has 0 aliphatic carbocycles. The Hall–Kier alpha value is -3.07. The first-order valence-electron chi connectivity index (χ1n) is 34.9. The Bertz CT molecular complexity index is 1740. The van der Waals surface area contributed by atoms with Gasteiger partial charge in [0.25, 0.3) is 7.82 Å². The van der Waals surface area contributed by atoms with Crippen LogP contribution in [-0.4, -0.2) is 70.0 Å². The van der Waals surface area contributed by atoms with Gasteiger partial charge in [-0.3, -0.25) is 14.2 Å².